The van der Waals surface area contributed by atoms with Crippen LogP contribution in [-0.4, -0.2) is 5.78 Å². The maximum atomic E-state index is 12.2. The van der Waals surface area contributed by atoms with Crippen LogP contribution in [0.25, 0.3) is 0 Å². The number of hydrogen-bond acceptors (Lipinski definition) is 1. The van der Waals surface area contributed by atoms with Crippen molar-refractivity contribution >= 4 is 5.78 Å². The van der Waals surface area contributed by atoms with E-state index in [1.54, 1.807) is 0 Å². The number of benzene rings is 1. The smallest absolute Gasteiger partial charge is 0.137 e. The highest BCUT2D eigenvalue weighted by Crippen LogP contribution is 2.40. The van der Waals surface area contributed by atoms with E-state index in [1.165, 1.54) is 12.0 Å². The first-order chi connectivity index (χ1) is 8.01. The highest BCUT2D eigenvalue weighted by atomic mass is 16.1. The Hall–Kier alpha value is -1.11. The zero-order valence-corrected chi connectivity index (χ0v) is 11.1. The third-order valence-corrected chi connectivity index (χ3v) is 4.28. The largest absolute Gasteiger partial charge is 0.299 e. The summed E-state index contributed by atoms with van der Waals surface area (Å²) in [4.78, 5) is 12.2. The highest BCUT2D eigenvalue weighted by molar-refractivity contribution is 5.83. The first kappa shape index (κ1) is 12.3. The number of hydrogen-bond donors (Lipinski definition) is 0. The van der Waals surface area contributed by atoms with Crippen molar-refractivity contribution in [2.75, 3.05) is 0 Å². The normalized spacial score (nSPS) is 25.9. The average Bonchev–Trinajstić information content (AvgIpc) is 2.29. The molecule has 1 heteroatoms. The molecule has 0 amide bonds. The van der Waals surface area contributed by atoms with Gasteiger partial charge < -0.3 is 0 Å². The van der Waals surface area contributed by atoms with E-state index in [0.29, 0.717) is 11.7 Å². The second-order valence-electron chi connectivity index (χ2n) is 5.99. The van der Waals surface area contributed by atoms with E-state index in [9.17, 15) is 4.79 Å². The van der Waals surface area contributed by atoms with Gasteiger partial charge >= 0.3 is 0 Å². The molecule has 1 aliphatic rings. The predicted molar refractivity (Wildman–Crippen MR) is 71.0 cm³/mol. The Balaban J connectivity index is 2.24. The Labute approximate surface area is 104 Å². The zero-order valence-electron chi connectivity index (χ0n) is 11.1. The van der Waals surface area contributed by atoms with Crippen LogP contribution in [0.3, 0.4) is 0 Å². The van der Waals surface area contributed by atoms with E-state index in [1.807, 2.05) is 6.07 Å². The van der Waals surface area contributed by atoms with Gasteiger partial charge in [-0.05, 0) is 29.7 Å². The monoisotopic (exact) mass is 230 g/mol. The molecule has 1 aromatic carbocycles. The third-order valence-electron chi connectivity index (χ3n) is 4.28. The summed E-state index contributed by atoms with van der Waals surface area (Å²) in [6, 6.07) is 10.4. The summed E-state index contributed by atoms with van der Waals surface area (Å²) < 4.78 is 0. The number of Topliss-reactive ketones (excluding diaryl/α,β-unsaturated/α-hetero) is 1. The first-order valence-electron chi connectivity index (χ1n) is 6.60. The Bertz CT molecular complexity index is 391. The molecule has 1 aromatic rings. The van der Waals surface area contributed by atoms with Crippen LogP contribution in [0.4, 0.5) is 0 Å². The molecule has 0 N–H and O–H groups in total. The van der Waals surface area contributed by atoms with E-state index in [2.05, 4.69) is 45.0 Å². The van der Waals surface area contributed by atoms with Gasteiger partial charge in [0.25, 0.3) is 0 Å². The lowest BCUT2D eigenvalue weighted by molar-refractivity contribution is -0.128. The molecule has 2 rings (SSSR count). The molecule has 1 aliphatic carbocycles. The number of carbonyl (C=O) groups excluding carboxylic acids is 1. The van der Waals surface area contributed by atoms with Gasteiger partial charge in [0.05, 0.1) is 0 Å². The molecule has 2 atom stereocenters. The van der Waals surface area contributed by atoms with Gasteiger partial charge in [-0.15, -0.1) is 0 Å². The Morgan fingerprint density at radius 3 is 2.35 bits per heavy atom. The molecule has 0 unspecified atom stereocenters. The summed E-state index contributed by atoms with van der Waals surface area (Å²) >= 11 is 0. The second kappa shape index (κ2) is 4.64. The molecule has 0 bridgehead atoms. The fourth-order valence-corrected chi connectivity index (χ4v) is 3.03. The lowest BCUT2D eigenvalue weighted by atomic mass is 9.65. The van der Waals surface area contributed by atoms with Gasteiger partial charge in [-0.25, -0.2) is 0 Å². The fourth-order valence-electron chi connectivity index (χ4n) is 3.03. The van der Waals surface area contributed by atoms with Gasteiger partial charge in [-0.2, -0.15) is 0 Å². The summed E-state index contributed by atoms with van der Waals surface area (Å²) in [7, 11) is 0. The summed E-state index contributed by atoms with van der Waals surface area (Å²) in [5.74, 6) is 1.23. The van der Waals surface area contributed by atoms with Crippen molar-refractivity contribution in [1.29, 1.82) is 0 Å². The van der Waals surface area contributed by atoms with Crippen LogP contribution in [0.15, 0.2) is 30.3 Å². The SMILES string of the molecule is C[C@@H]1CC[C@H](C(C)(C)c2ccccc2)C(=O)C1. The van der Waals surface area contributed by atoms with E-state index in [4.69, 9.17) is 0 Å². The van der Waals surface area contributed by atoms with Crippen LogP contribution in [-0.2, 0) is 10.2 Å². The maximum Gasteiger partial charge on any atom is 0.137 e. The van der Waals surface area contributed by atoms with Crippen molar-refractivity contribution in [3.63, 3.8) is 0 Å². The molecule has 0 spiro atoms. The van der Waals surface area contributed by atoms with Gasteiger partial charge in [0, 0.05) is 12.3 Å². The highest BCUT2D eigenvalue weighted by Gasteiger charge is 2.38. The molecule has 0 radical (unpaired) electrons. The quantitative estimate of drug-likeness (QED) is 0.751. The van der Waals surface area contributed by atoms with Gasteiger partial charge in [0.15, 0.2) is 0 Å². The minimum Gasteiger partial charge on any atom is -0.299 e. The first-order valence-corrected chi connectivity index (χ1v) is 6.60. The molecule has 0 heterocycles. The summed E-state index contributed by atoms with van der Waals surface area (Å²) in [6.07, 6.45) is 3.00. The molecule has 0 aromatic heterocycles. The van der Waals surface area contributed by atoms with Crippen molar-refractivity contribution in [2.24, 2.45) is 11.8 Å². The molecule has 1 nitrogen and oxygen atoms in total. The molecule has 1 saturated carbocycles. The lowest BCUT2D eigenvalue weighted by Crippen LogP contribution is -2.38. The van der Waals surface area contributed by atoms with E-state index < -0.39 is 0 Å². The standard InChI is InChI=1S/C16H22O/c1-12-9-10-14(15(17)11-12)16(2,3)13-7-5-4-6-8-13/h4-8,12,14H,9-11H2,1-3H3/t12-,14+/m1/s1. The van der Waals surface area contributed by atoms with Crippen molar-refractivity contribution in [3.05, 3.63) is 35.9 Å². The van der Waals surface area contributed by atoms with Crippen LogP contribution in [0.5, 0.6) is 0 Å². The molecule has 0 aliphatic heterocycles. The third kappa shape index (κ3) is 2.43. The van der Waals surface area contributed by atoms with E-state index >= 15 is 0 Å². The van der Waals surface area contributed by atoms with Gasteiger partial charge in [-0.1, -0.05) is 51.1 Å². The molecule has 0 saturated heterocycles. The minimum atomic E-state index is -0.0293. The lowest BCUT2D eigenvalue weighted by Gasteiger charge is -2.37. The molecule has 17 heavy (non-hydrogen) atoms. The van der Waals surface area contributed by atoms with E-state index in [-0.39, 0.29) is 11.3 Å². The molecule has 1 fully saturated rings. The van der Waals surface area contributed by atoms with Crippen LogP contribution in [0.1, 0.15) is 45.6 Å². The van der Waals surface area contributed by atoms with E-state index in [0.717, 1.165) is 12.8 Å². The van der Waals surface area contributed by atoms with Crippen LogP contribution in [0.2, 0.25) is 0 Å². The van der Waals surface area contributed by atoms with Gasteiger partial charge in [0.2, 0.25) is 0 Å². The predicted octanol–water partition coefficient (Wildman–Crippen LogP) is 3.97. The number of carbonyl (C=O) groups is 1. The summed E-state index contributed by atoms with van der Waals surface area (Å²) in [6.45, 7) is 6.60. The van der Waals surface area contributed by atoms with Crippen molar-refractivity contribution < 1.29 is 4.79 Å². The Kier molecular flexibility index (Phi) is 3.37. The Morgan fingerprint density at radius 1 is 1.12 bits per heavy atom. The van der Waals surface area contributed by atoms with Gasteiger partial charge in [-0.3, -0.25) is 4.79 Å². The Morgan fingerprint density at radius 2 is 1.76 bits per heavy atom. The minimum absolute atomic E-state index is 0.0293. The molecular weight excluding hydrogens is 208 g/mol. The van der Waals surface area contributed by atoms with Crippen LogP contribution in [0, 0.1) is 11.8 Å². The number of ketones is 1. The van der Waals surface area contributed by atoms with Crippen LogP contribution >= 0.6 is 0 Å². The number of rotatable bonds is 2. The second-order valence-corrected chi connectivity index (χ2v) is 5.99. The van der Waals surface area contributed by atoms with Crippen LogP contribution < -0.4 is 0 Å². The molecular formula is C16H22O. The van der Waals surface area contributed by atoms with Crippen molar-refractivity contribution in [1.82, 2.24) is 0 Å². The van der Waals surface area contributed by atoms with Crippen molar-refractivity contribution in [3.8, 4) is 0 Å². The van der Waals surface area contributed by atoms with Gasteiger partial charge in [0.1, 0.15) is 5.78 Å². The summed E-state index contributed by atoms with van der Waals surface area (Å²) in [5, 5.41) is 0. The molecule has 92 valence electrons. The topological polar surface area (TPSA) is 17.1 Å². The zero-order chi connectivity index (χ0) is 12.5. The average molecular weight is 230 g/mol. The maximum absolute atomic E-state index is 12.2. The summed E-state index contributed by atoms with van der Waals surface area (Å²) in [5.41, 5.74) is 1.26. The van der Waals surface area contributed by atoms with Crippen molar-refractivity contribution in [2.45, 2.75) is 45.4 Å². The fraction of sp³-hybridized carbons (Fsp3) is 0.562.